The summed E-state index contributed by atoms with van der Waals surface area (Å²) < 4.78 is 0. The molecule has 1 aliphatic carbocycles. The molecule has 31 heavy (non-hydrogen) atoms. The van der Waals surface area contributed by atoms with Crippen LogP contribution in [0.4, 0.5) is 5.69 Å². The van der Waals surface area contributed by atoms with E-state index < -0.39 is 0 Å². The van der Waals surface area contributed by atoms with E-state index in [4.69, 9.17) is 4.98 Å². The summed E-state index contributed by atoms with van der Waals surface area (Å²) >= 11 is 0. The van der Waals surface area contributed by atoms with E-state index >= 15 is 0 Å². The highest BCUT2D eigenvalue weighted by Crippen LogP contribution is 2.33. The lowest BCUT2D eigenvalue weighted by Gasteiger charge is -2.41. The van der Waals surface area contributed by atoms with Crippen LogP contribution >= 0.6 is 0 Å². The number of fused-ring (bicyclic) bond motifs is 2. The second-order valence-corrected chi connectivity index (χ2v) is 9.97. The van der Waals surface area contributed by atoms with Crippen LogP contribution in [-0.2, 0) is 19.4 Å². The summed E-state index contributed by atoms with van der Waals surface area (Å²) in [6, 6.07) is 13.2. The van der Waals surface area contributed by atoms with Crippen LogP contribution in [0.3, 0.4) is 0 Å². The summed E-state index contributed by atoms with van der Waals surface area (Å²) in [5, 5.41) is 7.50. The van der Waals surface area contributed by atoms with Crippen molar-refractivity contribution in [3.8, 4) is 0 Å². The summed E-state index contributed by atoms with van der Waals surface area (Å²) in [7, 11) is 2.29. The van der Waals surface area contributed by atoms with Gasteiger partial charge in [-0.15, -0.1) is 0 Å². The maximum absolute atomic E-state index is 4.77. The third kappa shape index (κ3) is 4.36. The van der Waals surface area contributed by atoms with E-state index in [1.807, 2.05) is 6.20 Å². The van der Waals surface area contributed by atoms with Crippen molar-refractivity contribution in [1.29, 1.82) is 0 Å². The van der Waals surface area contributed by atoms with Gasteiger partial charge < -0.3 is 15.5 Å². The van der Waals surface area contributed by atoms with E-state index in [1.165, 1.54) is 41.8 Å². The lowest BCUT2D eigenvalue weighted by molar-refractivity contribution is 0.191. The largest absolute Gasteiger partial charge is 0.368 e. The highest BCUT2D eigenvalue weighted by molar-refractivity contribution is 5.58. The Labute approximate surface area is 187 Å². The monoisotopic (exact) mass is 419 g/mol. The molecular weight excluding hydrogens is 382 g/mol. The van der Waals surface area contributed by atoms with Crippen molar-refractivity contribution in [1.82, 2.24) is 20.5 Å². The van der Waals surface area contributed by atoms with Gasteiger partial charge in [0.1, 0.15) is 0 Å². The molecule has 2 aliphatic heterocycles. The first kappa shape index (κ1) is 20.9. The molecule has 0 amide bonds. The second-order valence-electron chi connectivity index (χ2n) is 9.97. The molecule has 1 fully saturated rings. The molecule has 5 nitrogen and oxygen atoms in total. The fourth-order valence-corrected chi connectivity index (χ4v) is 6.03. The molecule has 2 N–H and O–H groups in total. The third-order valence-electron chi connectivity index (χ3n) is 7.38. The fourth-order valence-electron chi connectivity index (χ4n) is 6.03. The van der Waals surface area contributed by atoms with Gasteiger partial charge in [-0.25, -0.2) is 0 Å². The number of anilines is 1. The zero-order valence-electron chi connectivity index (χ0n) is 19.3. The van der Waals surface area contributed by atoms with Gasteiger partial charge in [-0.2, -0.15) is 0 Å². The van der Waals surface area contributed by atoms with Crippen LogP contribution in [-0.4, -0.2) is 54.7 Å². The Morgan fingerprint density at radius 3 is 2.74 bits per heavy atom. The molecule has 0 bridgehead atoms. The van der Waals surface area contributed by atoms with Crippen LogP contribution in [0, 0.1) is 0 Å². The molecule has 0 unspecified atom stereocenters. The first-order valence-electron chi connectivity index (χ1n) is 12.1. The van der Waals surface area contributed by atoms with Crippen molar-refractivity contribution in [3.63, 3.8) is 0 Å². The van der Waals surface area contributed by atoms with Crippen molar-refractivity contribution in [2.24, 2.45) is 0 Å². The SMILES string of the molecule is C[C@@H]1CN(c2cccc3c2C[C@H](CN(C)[C@H]2CCCc4cccnc42)NC3)C[C@H](C)N1. The highest BCUT2D eigenvalue weighted by atomic mass is 15.2. The van der Waals surface area contributed by atoms with Crippen LogP contribution in [0.5, 0.6) is 0 Å². The van der Waals surface area contributed by atoms with Gasteiger partial charge in [-0.3, -0.25) is 9.88 Å². The standard InChI is InChI=1S/C26H37N5/c1-18-15-31(16-19(2)29-18)24-10-5-8-21-14-28-22(13-23(21)24)17-30(3)25-11-4-7-20-9-6-12-27-26(20)25/h5-6,8-10,12,18-19,22,25,28-29H,4,7,11,13-17H2,1-3H3/t18-,19+,22-,25+/m1/s1. The zero-order chi connectivity index (χ0) is 21.4. The Hall–Kier alpha value is -1.95. The number of piperazine rings is 1. The number of likely N-dealkylation sites (N-methyl/N-ethyl adjacent to an activating group) is 1. The van der Waals surface area contributed by atoms with Crippen molar-refractivity contribution in [2.45, 2.75) is 70.2 Å². The van der Waals surface area contributed by atoms with Gasteiger partial charge >= 0.3 is 0 Å². The topological polar surface area (TPSA) is 43.4 Å². The van der Waals surface area contributed by atoms with Crippen LogP contribution in [0.25, 0.3) is 0 Å². The average Bonchev–Trinajstić information content (AvgIpc) is 2.77. The van der Waals surface area contributed by atoms with Gasteiger partial charge in [-0.05, 0) is 75.4 Å². The number of pyridine rings is 1. The van der Waals surface area contributed by atoms with Gasteiger partial charge in [0.25, 0.3) is 0 Å². The molecule has 4 atom stereocenters. The Bertz CT molecular complexity index is 902. The molecule has 2 aromatic rings. The molecular formula is C26H37N5. The van der Waals surface area contributed by atoms with Crippen LogP contribution in [0.1, 0.15) is 55.1 Å². The van der Waals surface area contributed by atoms with Crippen LogP contribution < -0.4 is 15.5 Å². The van der Waals surface area contributed by atoms with Crippen molar-refractivity contribution in [2.75, 3.05) is 31.6 Å². The summed E-state index contributed by atoms with van der Waals surface area (Å²) in [5.41, 5.74) is 7.23. The number of aryl methyl sites for hydroxylation is 1. The Morgan fingerprint density at radius 2 is 1.90 bits per heavy atom. The van der Waals surface area contributed by atoms with Crippen molar-refractivity contribution >= 4 is 5.69 Å². The van der Waals surface area contributed by atoms with E-state index in [1.54, 1.807) is 5.56 Å². The minimum atomic E-state index is 0.443. The molecule has 1 aromatic carbocycles. The van der Waals surface area contributed by atoms with E-state index in [2.05, 4.69) is 71.7 Å². The van der Waals surface area contributed by atoms with Crippen LogP contribution in [0.15, 0.2) is 36.5 Å². The molecule has 3 heterocycles. The first-order chi connectivity index (χ1) is 15.1. The van der Waals surface area contributed by atoms with E-state index in [9.17, 15) is 0 Å². The minimum absolute atomic E-state index is 0.443. The van der Waals surface area contributed by atoms with Gasteiger partial charge in [0.2, 0.25) is 0 Å². The summed E-state index contributed by atoms with van der Waals surface area (Å²) in [6.45, 7) is 8.80. The number of rotatable bonds is 4. The Balaban J connectivity index is 1.32. The number of hydrogen-bond donors (Lipinski definition) is 2. The second kappa shape index (κ2) is 8.89. The molecule has 3 aliphatic rings. The van der Waals surface area contributed by atoms with E-state index in [-0.39, 0.29) is 0 Å². The number of nitrogens with zero attached hydrogens (tertiary/aromatic N) is 3. The molecule has 1 aromatic heterocycles. The molecule has 166 valence electrons. The van der Waals surface area contributed by atoms with Gasteiger partial charge in [0.15, 0.2) is 0 Å². The summed E-state index contributed by atoms with van der Waals surface area (Å²) in [4.78, 5) is 9.92. The molecule has 5 heteroatoms. The smallest absolute Gasteiger partial charge is 0.0607 e. The predicted octanol–water partition coefficient (Wildman–Crippen LogP) is 3.29. The van der Waals surface area contributed by atoms with Gasteiger partial charge in [0, 0.05) is 56.2 Å². The van der Waals surface area contributed by atoms with E-state index in [0.29, 0.717) is 24.2 Å². The summed E-state index contributed by atoms with van der Waals surface area (Å²) in [6.07, 6.45) is 6.71. The Kier molecular flexibility index (Phi) is 6.00. The molecule has 0 radical (unpaired) electrons. The highest BCUT2D eigenvalue weighted by Gasteiger charge is 2.30. The molecule has 5 rings (SSSR count). The predicted molar refractivity (Wildman–Crippen MR) is 128 cm³/mol. The molecule has 0 spiro atoms. The Morgan fingerprint density at radius 1 is 1.10 bits per heavy atom. The lowest BCUT2D eigenvalue weighted by Crippen LogP contribution is -2.55. The molecule has 0 saturated carbocycles. The maximum Gasteiger partial charge on any atom is 0.0607 e. The zero-order valence-corrected chi connectivity index (χ0v) is 19.3. The van der Waals surface area contributed by atoms with Gasteiger partial charge in [0.05, 0.1) is 11.7 Å². The van der Waals surface area contributed by atoms with Gasteiger partial charge in [-0.1, -0.05) is 18.2 Å². The quantitative estimate of drug-likeness (QED) is 0.796. The number of nitrogens with one attached hydrogen (secondary N) is 2. The van der Waals surface area contributed by atoms with E-state index in [0.717, 1.165) is 32.6 Å². The summed E-state index contributed by atoms with van der Waals surface area (Å²) in [5.74, 6) is 0. The van der Waals surface area contributed by atoms with Crippen molar-refractivity contribution in [3.05, 3.63) is 58.9 Å². The minimum Gasteiger partial charge on any atom is -0.368 e. The fraction of sp³-hybridized carbons (Fsp3) is 0.577. The normalized spacial score (nSPS) is 28.3. The number of hydrogen-bond acceptors (Lipinski definition) is 5. The maximum atomic E-state index is 4.77. The average molecular weight is 420 g/mol. The lowest BCUT2D eigenvalue weighted by atomic mass is 9.89. The number of aromatic nitrogens is 1. The first-order valence-corrected chi connectivity index (χ1v) is 12.1. The van der Waals surface area contributed by atoms with Crippen molar-refractivity contribution < 1.29 is 0 Å². The third-order valence-corrected chi connectivity index (χ3v) is 7.38. The number of benzene rings is 1. The van der Waals surface area contributed by atoms with Crippen LogP contribution in [0.2, 0.25) is 0 Å². The molecule has 1 saturated heterocycles.